The van der Waals surface area contributed by atoms with E-state index in [1.807, 2.05) is 66.1 Å². The van der Waals surface area contributed by atoms with E-state index in [4.69, 9.17) is 11.6 Å². The molecule has 4 nitrogen and oxygen atoms in total. The smallest absolute Gasteiger partial charge is 0.233 e. The van der Waals surface area contributed by atoms with Crippen molar-refractivity contribution >= 4 is 29.0 Å². The first-order chi connectivity index (χ1) is 13.1. The van der Waals surface area contributed by atoms with Gasteiger partial charge in [-0.25, -0.2) is 0 Å². The maximum atomic E-state index is 12.9. The number of benzene rings is 2. The van der Waals surface area contributed by atoms with E-state index in [9.17, 15) is 9.59 Å². The number of halogens is 1. The Morgan fingerprint density at radius 2 is 1.81 bits per heavy atom. The number of hydrogen-bond donors (Lipinski definition) is 1. The molecule has 1 atom stereocenters. The monoisotopic (exact) mass is 378 g/mol. The molecule has 1 aromatic heterocycles. The molecule has 2 aromatic carbocycles. The number of aromatic nitrogens is 1. The topological polar surface area (TPSA) is 51.1 Å². The zero-order valence-electron chi connectivity index (χ0n) is 14.9. The number of aryl methyl sites for hydroxylation is 1. The van der Waals surface area contributed by atoms with Crippen LogP contribution in [0.3, 0.4) is 0 Å². The van der Waals surface area contributed by atoms with E-state index in [1.165, 1.54) is 0 Å². The zero-order chi connectivity index (χ0) is 19.0. The second-order valence-corrected chi connectivity index (χ2v) is 7.16. The summed E-state index contributed by atoms with van der Waals surface area (Å²) in [5.74, 6) is -0.412. The number of anilines is 1. The number of nitrogens with zero attached hydrogens (tertiary/aromatic N) is 1. The van der Waals surface area contributed by atoms with Crippen LogP contribution in [0.15, 0.2) is 60.7 Å². The van der Waals surface area contributed by atoms with Gasteiger partial charge in [-0.3, -0.25) is 9.59 Å². The fraction of sp³-hybridized carbons (Fsp3) is 0.182. The van der Waals surface area contributed by atoms with Crippen LogP contribution >= 0.6 is 11.6 Å². The van der Waals surface area contributed by atoms with E-state index in [1.54, 1.807) is 6.07 Å². The molecule has 4 rings (SSSR count). The number of carbonyl (C=O) groups excluding carboxylic acids is 2. The van der Waals surface area contributed by atoms with Gasteiger partial charge in [0.05, 0.1) is 22.3 Å². The molecule has 0 fully saturated rings. The van der Waals surface area contributed by atoms with Crippen molar-refractivity contribution in [2.45, 2.75) is 25.8 Å². The summed E-state index contributed by atoms with van der Waals surface area (Å²) in [4.78, 5) is 25.6. The number of hydrogen-bond acceptors (Lipinski definition) is 2. The maximum absolute atomic E-state index is 12.9. The molecule has 1 unspecified atom stereocenters. The molecule has 3 aromatic rings. The molecule has 27 heavy (non-hydrogen) atoms. The Balaban J connectivity index is 1.59. The second kappa shape index (κ2) is 7.05. The molecule has 1 aliphatic rings. The minimum Gasteiger partial charge on any atom is -0.341 e. The van der Waals surface area contributed by atoms with Crippen LogP contribution in [-0.2, 0) is 11.3 Å². The standard InChI is InChI=1S/C22H19ClN2O2/c1-14-6-5-9-17(23)20(14)24-22(27)16-12-13-25-18(16)10-11-19(25)21(26)15-7-3-2-4-8-15/h2-11,16H,12-13H2,1H3,(H,24,27). The van der Waals surface area contributed by atoms with Crippen molar-refractivity contribution < 1.29 is 9.59 Å². The van der Waals surface area contributed by atoms with Gasteiger partial charge in [0.15, 0.2) is 0 Å². The van der Waals surface area contributed by atoms with E-state index in [0.717, 1.165) is 11.3 Å². The summed E-state index contributed by atoms with van der Waals surface area (Å²) in [5, 5.41) is 3.49. The van der Waals surface area contributed by atoms with Crippen LogP contribution in [0.2, 0.25) is 5.02 Å². The maximum Gasteiger partial charge on any atom is 0.233 e. The van der Waals surface area contributed by atoms with Gasteiger partial charge >= 0.3 is 0 Å². The Kier molecular flexibility index (Phi) is 4.58. The number of nitrogens with one attached hydrogen (secondary N) is 1. The highest BCUT2D eigenvalue weighted by molar-refractivity contribution is 6.34. The van der Waals surface area contributed by atoms with Crippen LogP contribution in [0.5, 0.6) is 0 Å². The first-order valence-corrected chi connectivity index (χ1v) is 9.29. The average Bonchev–Trinajstić information content (AvgIpc) is 3.27. The molecule has 5 heteroatoms. The highest BCUT2D eigenvalue weighted by Crippen LogP contribution is 2.34. The quantitative estimate of drug-likeness (QED) is 0.662. The molecule has 2 heterocycles. The van der Waals surface area contributed by atoms with Crippen molar-refractivity contribution in [2.75, 3.05) is 5.32 Å². The van der Waals surface area contributed by atoms with Gasteiger partial charge < -0.3 is 9.88 Å². The van der Waals surface area contributed by atoms with E-state index >= 15 is 0 Å². The van der Waals surface area contributed by atoms with Crippen molar-refractivity contribution in [3.05, 3.63) is 88.2 Å². The Morgan fingerprint density at radius 1 is 1.04 bits per heavy atom. The van der Waals surface area contributed by atoms with Gasteiger partial charge in [0, 0.05) is 17.8 Å². The second-order valence-electron chi connectivity index (χ2n) is 6.75. The predicted octanol–water partition coefficient (Wildman–Crippen LogP) is 4.81. The van der Waals surface area contributed by atoms with Crippen molar-refractivity contribution in [2.24, 2.45) is 0 Å². The van der Waals surface area contributed by atoms with Crippen molar-refractivity contribution in [3.8, 4) is 0 Å². The lowest BCUT2D eigenvalue weighted by atomic mass is 10.0. The predicted molar refractivity (Wildman–Crippen MR) is 106 cm³/mol. The summed E-state index contributed by atoms with van der Waals surface area (Å²) in [6.07, 6.45) is 0.667. The average molecular weight is 379 g/mol. The van der Waals surface area contributed by atoms with Crippen LogP contribution in [0, 0.1) is 6.92 Å². The van der Waals surface area contributed by atoms with Crippen molar-refractivity contribution in [3.63, 3.8) is 0 Å². The number of amides is 1. The molecule has 1 N–H and O–H groups in total. The van der Waals surface area contributed by atoms with E-state index in [2.05, 4.69) is 5.32 Å². The molecular weight excluding hydrogens is 360 g/mol. The summed E-state index contributed by atoms with van der Waals surface area (Å²) in [6, 6.07) is 18.4. The zero-order valence-corrected chi connectivity index (χ0v) is 15.7. The van der Waals surface area contributed by atoms with Crippen LogP contribution in [0.25, 0.3) is 0 Å². The highest BCUT2D eigenvalue weighted by Gasteiger charge is 2.32. The van der Waals surface area contributed by atoms with E-state index in [0.29, 0.717) is 34.9 Å². The lowest BCUT2D eigenvalue weighted by Crippen LogP contribution is -2.20. The van der Waals surface area contributed by atoms with E-state index in [-0.39, 0.29) is 17.6 Å². The SMILES string of the molecule is Cc1cccc(Cl)c1NC(=O)C1CCn2c(C(=O)c3ccccc3)ccc21. The Hall–Kier alpha value is -2.85. The van der Waals surface area contributed by atoms with Gasteiger partial charge in [0.2, 0.25) is 11.7 Å². The lowest BCUT2D eigenvalue weighted by molar-refractivity contribution is -0.117. The third-order valence-electron chi connectivity index (χ3n) is 5.07. The number of ketones is 1. The normalized spacial score (nSPS) is 15.4. The number of rotatable bonds is 4. The van der Waals surface area contributed by atoms with Crippen LogP contribution in [-0.4, -0.2) is 16.3 Å². The molecule has 0 radical (unpaired) electrons. The van der Waals surface area contributed by atoms with E-state index < -0.39 is 0 Å². The third-order valence-corrected chi connectivity index (χ3v) is 5.38. The molecule has 0 saturated carbocycles. The minimum absolute atomic E-state index is 0.0233. The molecule has 0 saturated heterocycles. The molecule has 1 amide bonds. The largest absolute Gasteiger partial charge is 0.341 e. The number of carbonyl (C=O) groups is 2. The summed E-state index contributed by atoms with van der Waals surface area (Å²) in [7, 11) is 0. The lowest BCUT2D eigenvalue weighted by Gasteiger charge is -2.14. The van der Waals surface area contributed by atoms with Crippen molar-refractivity contribution in [1.82, 2.24) is 4.57 Å². The first kappa shape index (κ1) is 17.6. The van der Waals surface area contributed by atoms with Crippen molar-refractivity contribution in [1.29, 1.82) is 0 Å². The molecule has 0 bridgehead atoms. The molecular formula is C22H19ClN2O2. The number of para-hydroxylation sites is 1. The van der Waals surface area contributed by atoms with Crippen LogP contribution < -0.4 is 5.32 Å². The molecule has 0 aliphatic carbocycles. The Morgan fingerprint density at radius 3 is 2.56 bits per heavy atom. The van der Waals surface area contributed by atoms with Gasteiger partial charge in [-0.1, -0.05) is 54.1 Å². The first-order valence-electron chi connectivity index (χ1n) is 8.91. The molecule has 136 valence electrons. The number of fused-ring (bicyclic) bond motifs is 1. The summed E-state index contributed by atoms with van der Waals surface area (Å²) in [6.45, 7) is 2.56. The fourth-order valence-electron chi connectivity index (χ4n) is 3.64. The van der Waals surface area contributed by atoms with Gasteiger partial charge in [-0.05, 0) is 37.1 Å². The fourth-order valence-corrected chi connectivity index (χ4v) is 3.91. The van der Waals surface area contributed by atoms with Gasteiger partial charge in [-0.2, -0.15) is 0 Å². The Labute approximate surface area is 162 Å². The van der Waals surface area contributed by atoms with Crippen LogP contribution in [0.4, 0.5) is 5.69 Å². The molecule has 1 aliphatic heterocycles. The summed E-state index contributed by atoms with van der Waals surface area (Å²) < 4.78 is 1.96. The van der Waals surface area contributed by atoms with Gasteiger partial charge in [0.1, 0.15) is 0 Å². The summed E-state index contributed by atoms with van der Waals surface area (Å²) >= 11 is 6.23. The minimum atomic E-state index is -0.294. The van der Waals surface area contributed by atoms with Gasteiger partial charge in [0.25, 0.3) is 0 Å². The van der Waals surface area contributed by atoms with Gasteiger partial charge in [-0.15, -0.1) is 0 Å². The summed E-state index contributed by atoms with van der Waals surface area (Å²) in [5.41, 5.74) is 3.72. The highest BCUT2D eigenvalue weighted by atomic mass is 35.5. The Bertz CT molecular complexity index is 1000. The van der Waals surface area contributed by atoms with Crippen LogP contribution in [0.1, 0.15) is 39.6 Å². The molecule has 0 spiro atoms. The third kappa shape index (κ3) is 3.17.